The summed E-state index contributed by atoms with van der Waals surface area (Å²) in [5, 5.41) is 0. The highest BCUT2D eigenvalue weighted by atomic mass is 127. The van der Waals surface area contributed by atoms with Crippen molar-refractivity contribution in [3.8, 4) is 11.5 Å². The second kappa shape index (κ2) is 6.39. The summed E-state index contributed by atoms with van der Waals surface area (Å²) in [4.78, 5) is 0. The average Bonchev–Trinajstić information content (AvgIpc) is 2.35. The molecular formula is C16H18INO. The molecule has 0 aliphatic rings. The van der Waals surface area contributed by atoms with Crippen LogP contribution < -0.4 is 10.5 Å². The fourth-order valence-electron chi connectivity index (χ4n) is 1.88. The highest BCUT2D eigenvalue weighted by molar-refractivity contribution is 14.1. The molecular weight excluding hydrogens is 349 g/mol. The molecule has 0 saturated carbocycles. The first-order chi connectivity index (χ1) is 9.04. The lowest BCUT2D eigenvalue weighted by atomic mass is 10.1. The van der Waals surface area contributed by atoms with Crippen LogP contribution >= 0.6 is 22.6 Å². The molecule has 0 aromatic heterocycles. The van der Waals surface area contributed by atoms with Gasteiger partial charge in [0.2, 0.25) is 0 Å². The first-order valence-electron chi connectivity index (χ1n) is 6.33. The molecule has 1 atom stereocenters. The molecule has 0 fully saturated rings. The Balaban J connectivity index is 2.21. The molecule has 100 valence electrons. The monoisotopic (exact) mass is 367 g/mol. The van der Waals surface area contributed by atoms with E-state index in [1.54, 1.807) is 0 Å². The second-order valence-corrected chi connectivity index (χ2v) is 6.08. The van der Waals surface area contributed by atoms with Crippen LogP contribution in [0.1, 0.15) is 18.1 Å². The van der Waals surface area contributed by atoms with Gasteiger partial charge in [-0.2, -0.15) is 0 Å². The first kappa shape index (κ1) is 14.3. The summed E-state index contributed by atoms with van der Waals surface area (Å²) in [7, 11) is 0. The van der Waals surface area contributed by atoms with Crippen molar-refractivity contribution in [2.75, 3.05) is 0 Å². The molecule has 0 amide bonds. The van der Waals surface area contributed by atoms with Gasteiger partial charge >= 0.3 is 0 Å². The molecule has 2 aromatic rings. The Hall–Kier alpha value is -1.07. The predicted octanol–water partition coefficient (Wildman–Crippen LogP) is 4.28. The molecule has 0 aliphatic carbocycles. The fourth-order valence-corrected chi connectivity index (χ4v) is 2.24. The van der Waals surface area contributed by atoms with Crippen LogP contribution in [0.5, 0.6) is 11.5 Å². The van der Waals surface area contributed by atoms with Gasteiger partial charge in [-0.1, -0.05) is 12.1 Å². The maximum Gasteiger partial charge on any atom is 0.130 e. The van der Waals surface area contributed by atoms with Crippen molar-refractivity contribution in [1.82, 2.24) is 0 Å². The number of benzene rings is 2. The summed E-state index contributed by atoms with van der Waals surface area (Å²) >= 11 is 2.28. The molecule has 0 bridgehead atoms. The van der Waals surface area contributed by atoms with Gasteiger partial charge in [-0.05, 0) is 84.3 Å². The maximum atomic E-state index is 5.94. The molecule has 2 rings (SSSR count). The van der Waals surface area contributed by atoms with Gasteiger partial charge in [-0.3, -0.25) is 0 Å². The minimum atomic E-state index is 0.161. The number of aryl methyl sites for hydroxylation is 1. The molecule has 0 saturated heterocycles. The van der Waals surface area contributed by atoms with Crippen LogP contribution in [-0.4, -0.2) is 6.04 Å². The van der Waals surface area contributed by atoms with Gasteiger partial charge in [0, 0.05) is 9.61 Å². The predicted molar refractivity (Wildman–Crippen MR) is 87.8 cm³/mol. The highest BCUT2D eigenvalue weighted by Gasteiger charge is 2.05. The Morgan fingerprint density at radius 3 is 2.47 bits per heavy atom. The zero-order chi connectivity index (χ0) is 13.8. The SMILES string of the molecule is Cc1ccc(CC(C)N)cc1Oc1ccc(I)cc1. The number of rotatable bonds is 4. The van der Waals surface area contributed by atoms with E-state index in [0.29, 0.717) is 0 Å². The summed E-state index contributed by atoms with van der Waals surface area (Å²) < 4.78 is 7.14. The topological polar surface area (TPSA) is 35.2 Å². The van der Waals surface area contributed by atoms with E-state index in [1.165, 1.54) is 9.13 Å². The zero-order valence-corrected chi connectivity index (χ0v) is 13.3. The third-order valence-corrected chi connectivity index (χ3v) is 3.57. The van der Waals surface area contributed by atoms with Crippen molar-refractivity contribution in [3.05, 3.63) is 57.2 Å². The van der Waals surface area contributed by atoms with Crippen LogP contribution in [-0.2, 0) is 6.42 Å². The van der Waals surface area contributed by atoms with Crippen LogP contribution in [0.3, 0.4) is 0 Å². The largest absolute Gasteiger partial charge is 0.457 e. The smallest absolute Gasteiger partial charge is 0.130 e. The van der Waals surface area contributed by atoms with E-state index in [4.69, 9.17) is 10.5 Å². The van der Waals surface area contributed by atoms with Crippen molar-refractivity contribution < 1.29 is 4.74 Å². The van der Waals surface area contributed by atoms with Crippen molar-refractivity contribution in [2.45, 2.75) is 26.3 Å². The summed E-state index contributed by atoms with van der Waals surface area (Å²) in [6, 6.07) is 14.5. The minimum absolute atomic E-state index is 0.161. The molecule has 0 aliphatic heterocycles. The van der Waals surface area contributed by atoms with Crippen molar-refractivity contribution in [2.24, 2.45) is 5.73 Å². The average molecular weight is 367 g/mol. The Bertz CT molecular complexity index is 549. The molecule has 19 heavy (non-hydrogen) atoms. The number of halogens is 1. The van der Waals surface area contributed by atoms with E-state index < -0.39 is 0 Å². The van der Waals surface area contributed by atoms with Gasteiger partial charge in [0.05, 0.1) is 0 Å². The first-order valence-corrected chi connectivity index (χ1v) is 7.41. The number of hydrogen-bond acceptors (Lipinski definition) is 2. The van der Waals surface area contributed by atoms with E-state index >= 15 is 0 Å². The lowest BCUT2D eigenvalue weighted by Crippen LogP contribution is -2.17. The number of ether oxygens (including phenoxy) is 1. The third-order valence-electron chi connectivity index (χ3n) is 2.85. The van der Waals surface area contributed by atoms with Gasteiger partial charge in [-0.15, -0.1) is 0 Å². The molecule has 3 heteroatoms. The van der Waals surface area contributed by atoms with Crippen LogP contribution in [0.25, 0.3) is 0 Å². The van der Waals surface area contributed by atoms with Crippen molar-refractivity contribution in [3.63, 3.8) is 0 Å². The molecule has 2 nitrogen and oxygen atoms in total. The van der Waals surface area contributed by atoms with E-state index in [2.05, 4.69) is 47.7 Å². The van der Waals surface area contributed by atoms with Gasteiger partial charge in [0.25, 0.3) is 0 Å². The lowest BCUT2D eigenvalue weighted by molar-refractivity contribution is 0.478. The van der Waals surface area contributed by atoms with Gasteiger partial charge in [0.1, 0.15) is 11.5 Å². The summed E-state index contributed by atoms with van der Waals surface area (Å²) in [6.07, 6.45) is 0.864. The minimum Gasteiger partial charge on any atom is -0.457 e. The Labute approximate surface area is 128 Å². The van der Waals surface area contributed by atoms with Crippen LogP contribution in [0.4, 0.5) is 0 Å². The number of nitrogens with two attached hydrogens (primary N) is 1. The van der Waals surface area contributed by atoms with E-state index in [1.807, 2.05) is 31.2 Å². The fraction of sp³-hybridized carbons (Fsp3) is 0.250. The Morgan fingerprint density at radius 1 is 1.16 bits per heavy atom. The van der Waals surface area contributed by atoms with Crippen LogP contribution in [0, 0.1) is 10.5 Å². The second-order valence-electron chi connectivity index (χ2n) is 4.84. The molecule has 0 heterocycles. The highest BCUT2D eigenvalue weighted by Crippen LogP contribution is 2.27. The zero-order valence-electron chi connectivity index (χ0n) is 11.2. The Morgan fingerprint density at radius 2 is 1.84 bits per heavy atom. The molecule has 0 radical (unpaired) electrons. The quantitative estimate of drug-likeness (QED) is 0.819. The Kier molecular flexibility index (Phi) is 4.82. The molecule has 0 spiro atoms. The summed E-state index contributed by atoms with van der Waals surface area (Å²) in [6.45, 7) is 4.07. The standard InChI is InChI=1S/C16H18INO/c1-11-3-4-13(9-12(2)18)10-16(11)19-15-7-5-14(17)6-8-15/h3-8,10,12H,9,18H2,1-2H3. The van der Waals surface area contributed by atoms with Crippen LogP contribution in [0.2, 0.25) is 0 Å². The van der Waals surface area contributed by atoms with E-state index in [9.17, 15) is 0 Å². The van der Waals surface area contributed by atoms with Gasteiger partial charge in [0.15, 0.2) is 0 Å². The van der Waals surface area contributed by atoms with E-state index in [0.717, 1.165) is 23.5 Å². The maximum absolute atomic E-state index is 5.94. The van der Waals surface area contributed by atoms with Crippen LogP contribution in [0.15, 0.2) is 42.5 Å². The third kappa shape index (κ3) is 4.21. The lowest BCUT2D eigenvalue weighted by Gasteiger charge is -2.12. The van der Waals surface area contributed by atoms with Gasteiger partial charge in [-0.25, -0.2) is 0 Å². The molecule has 1 unspecified atom stereocenters. The van der Waals surface area contributed by atoms with Crippen molar-refractivity contribution in [1.29, 1.82) is 0 Å². The number of hydrogen-bond donors (Lipinski definition) is 1. The summed E-state index contributed by atoms with van der Waals surface area (Å²) in [5.74, 6) is 1.76. The normalized spacial score (nSPS) is 12.2. The molecule has 2 N–H and O–H groups in total. The summed E-state index contributed by atoms with van der Waals surface area (Å²) in [5.41, 5.74) is 8.18. The van der Waals surface area contributed by atoms with Gasteiger partial charge < -0.3 is 10.5 Å². The van der Waals surface area contributed by atoms with Crippen molar-refractivity contribution >= 4 is 22.6 Å². The molecule has 2 aromatic carbocycles. The van der Waals surface area contributed by atoms with E-state index in [-0.39, 0.29) is 6.04 Å².